The lowest BCUT2D eigenvalue weighted by molar-refractivity contribution is -0.116. The Morgan fingerprint density at radius 3 is 2.59 bits per heavy atom. The van der Waals surface area contributed by atoms with E-state index in [0.717, 1.165) is 11.3 Å². The summed E-state index contributed by atoms with van der Waals surface area (Å²) in [6, 6.07) is 0. The van der Waals surface area contributed by atoms with Crippen LogP contribution in [0.15, 0.2) is 4.52 Å². The summed E-state index contributed by atoms with van der Waals surface area (Å²) in [5.74, 6) is 1.71. The fourth-order valence-corrected chi connectivity index (χ4v) is 1.71. The fourth-order valence-electron chi connectivity index (χ4n) is 1.57. The van der Waals surface area contributed by atoms with Crippen molar-refractivity contribution in [3.63, 3.8) is 0 Å². The van der Waals surface area contributed by atoms with Gasteiger partial charge in [-0.25, -0.2) is 0 Å². The van der Waals surface area contributed by atoms with Gasteiger partial charge in [0.15, 0.2) is 5.82 Å². The molecule has 0 spiro atoms. The maximum Gasteiger partial charge on any atom is 0.225 e. The van der Waals surface area contributed by atoms with Gasteiger partial charge in [-0.1, -0.05) is 25.9 Å². The summed E-state index contributed by atoms with van der Waals surface area (Å²) >= 11 is 5.53. The second kappa shape index (κ2) is 5.54. The molecule has 1 heterocycles. The van der Waals surface area contributed by atoms with E-state index in [2.05, 4.69) is 10.5 Å². The first-order chi connectivity index (χ1) is 7.86. The maximum atomic E-state index is 11.5. The molecule has 0 unspecified atom stereocenters. The van der Waals surface area contributed by atoms with Crippen LogP contribution < -0.4 is 5.32 Å². The molecule has 5 heteroatoms. The number of alkyl halides is 1. The van der Waals surface area contributed by atoms with Gasteiger partial charge in [-0.05, 0) is 13.3 Å². The van der Waals surface area contributed by atoms with Gasteiger partial charge in [-0.15, -0.1) is 11.6 Å². The first-order valence-electron chi connectivity index (χ1n) is 5.69. The summed E-state index contributed by atoms with van der Waals surface area (Å²) in [4.78, 5) is 11.5. The molecule has 0 atom stereocenters. The smallest absolute Gasteiger partial charge is 0.225 e. The van der Waals surface area contributed by atoms with E-state index in [0.29, 0.717) is 24.5 Å². The van der Waals surface area contributed by atoms with E-state index in [1.165, 1.54) is 0 Å². The van der Waals surface area contributed by atoms with Crippen molar-refractivity contribution in [1.29, 1.82) is 0 Å². The molecule has 17 heavy (non-hydrogen) atoms. The van der Waals surface area contributed by atoms with Crippen LogP contribution in [-0.2, 0) is 10.2 Å². The van der Waals surface area contributed by atoms with E-state index in [4.69, 9.17) is 16.1 Å². The average Bonchev–Trinajstić information content (AvgIpc) is 2.57. The van der Waals surface area contributed by atoms with Crippen LogP contribution in [0.2, 0.25) is 0 Å². The van der Waals surface area contributed by atoms with Crippen LogP contribution in [0.25, 0.3) is 0 Å². The summed E-state index contributed by atoms with van der Waals surface area (Å²) in [5.41, 5.74) is 0.771. The third kappa shape index (κ3) is 3.73. The van der Waals surface area contributed by atoms with Gasteiger partial charge in [-0.2, -0.15) is 0 Å². The Morgan fingerprint density at radius 1 is 1.47 bits per heavy atom. The number of nitrogens with one attached hydrogen (secondary N) is 1. The zero-order valence-electron chi connectivity index (χ0n) is 10.8. The largest absolute Gasteiger partial charge is 0.358 e. The lowest BCUT2D eigenvalue weighted by Gasteiger charge is -2.14. The Balaban J connectivity index is 2.74. The van der Waals surface area contributed by atoms with Gasteiger partial charge >= 0.3 is 0 Å². The van der Waals surface area contributed by atoms with E-state index < -0.39 is 0 Å². The van der Waals surface area contributed by atoms with Crippen LogP contribution in [0.4, 0.5) is 5.82 Å². The van der Waals surface area contributed by atoms with Crippen molar-refractivity contribution in [2.75, 3.05) is 11.2 Å². The molecule has 0 aromatic carbocycles. The van der Waals surface area contributed by atoms with E-state index >= 15 is 0 Å². The summed E-state index contributed by atoms with van der Waals surface area (Å²) in [6.45, 7) is 8.02. The molecule has 0 saturated carbocycles. The van der Waals surface area contributed by atoms with Crippen molar-refractivity contribution in [2.45, 2.75) is 46.0 Å². The molecule has 1 aromatic rings. The summed E-state index contributed by atoms with van der Waals surface area (Å²) in [7, 11) is 0. The summed E-state index contributed by atoms with van der Waals surface area (Å²) in [6.07, 6.45) is 1.07. The normalized spacial score (nSPS) is 11.6. The number of hydrogen-bond acceptors (Lipinski definition) is 3. The molecule has 1 N–H and O–H groups in total. The molecule has 1 aromatic heterocycles. The number of hydrogen-bond donors (Lipinski definition) is 1. The maximum absolute atomic E-state index is 11.5. The molecule has 0 aliphatic rings. The van der Waals surface area contributed by atoms with E-state index in [-0.39, 0.29) is 11.3 Å². The second-order valence-electron chi connectivity index (χ2n) is 5.08. The lowest BCUT2D eigenvalue weighted by Crippen LogP contribution is -2.14. The molecule has 0 saturated heterocycles. The first kappa shape index (κ1) is 14.0. The Bertz CT molecular complexity index is 394. The Kier molecular flexibility index (Phi) is 4.57. The average molecular weight is 259 g/mol. The third-order valence-electron chi connectivity index (χ3n) is 2.40. The molecule has 1 amide bonds. The van der Waals surface area contributed by atoms with Gasteiger partial charge in [0.2, 0.25) is 5.91 Å². The van der Waals surface area contributed by atoms with Gasteiger partial charge < -0.3 is 9.84 Å². The van der Waals surface area contributed by atoms with E-state index in [1.54, 1.807) is 0 Å². The first-order valence-corrected chi connectivity index (χ1v) is 6.22. The highest BCUT2D eigenvalue weighted by Gasteiger charge is 2.24. The number of anilines is 1. The van der Waals surface area contributed by atoms with Crippen LogP contribution in [-0.4, -0.2) is 16.9 Å². The van der Waals surface area contributed by atoms with E-state index in [1.807, 2.05) is 27.7 Å². The highest BCUT2D eigenvalue weighted by Crippen LogP contribution is 2.29. The molecule has 0 fully saturated rings. The van der Waals surface area contributed by atoms with Crippen LogP contribution in [0.1, 0.15) is 44.9 Å². The quantitative estimate of drug-likeness (QED) is 0.844. The molecule has 0 bridgehead atoms. The number of amides is 1. The Hall–Kier alpha value is -1.03. The fraction of sp³-hybridized carbons (Fsp3) is 0.667. The molecule has 96 valence electrons. The molecule has 0 aliphatic carbocycles. The molecular weight excluding hydrogens is 240 g/mol. The Labute approximate surface area is 107 Å². The van der Waals surface area contributed by atoms with Crippen LogP contribution >= 0.6 is 11.6 Å². The number of carbonyl (C=O) groups excluding carboxylic acids is 1. The van der Waals surface area contributed by atoms with Gasteiger partial charge in [0.05, 0.1) is 0 Å². The highest BCUT2D eigenvalue weighted by molar-refractivity contribution is 6.18. The minimum Gasteiger partial charge on any atom is -0.358 e. The summed E-state index contributed by atoms with van der Waals surface area (Å²) < 4.78 is 5.27. The van der Waals surface area contributed by atoms with Crippen molar-refractivity contribution < 1.29 is 9.32 Å². The standard InChI is InChI=1S/C12H19ClN2O2/c1-8-10(12(2,3)4)17-15-11(8)14-9(16)6-5-7-13/h5-7H2,1-4H3,(H,14,15,16). The second-order valence-corrected chi connectivity index (χ2v) is 5.45. The molecule has 0 aliphatic heterocycles. The summed E-state index contributed by atoms with van der Waals surface area (Å²) in [5, 5.41) is 6.63. The number of carbonyl (C=O) groups is 1. The monoisotopic (exact) mass is 258 g/mol. The topological polar surface area (TPSA) is 55.1 Å². The SMILES string of the molecule is Cc1c(NC(=O)CCCCl)noc1C(C)(C)C. The zero-order chi connectivity index (χ0) is 13.1. The predicted octanol–water partition coefficient (Wildman–Crippen LogP) is 3.24. The van der Waals surface area contributed by atoms with Gasteiger partial charge in [0.1, 0.15) is 5.76 Å². The number of halogens is 1. The molecular formula is C12H19ClN2O2. The lowest BCUT2D eigenvalue weighted by atomic mass is 9.91. The molecule has 1 rings (SSSR count). The van der Waals surface area contributed by atoms with Crippen molar-refractivity contribution in [3.05, 3.63) is 11.3 Å². The van der Waals surface area contributed by atoms with Crippen LogP contribution in [0, 0.1) is 6.92 Å². The predicted molar refractivity (Wildman–Crippen MR) is 68.5 cm³/mol. The minimum absolute atomic E-state index is 0.0810. The van der Waals surface area contributed by atoms with E-state index in [9.17, 15) is 4.79 Å². The van der Waals surface area contributed by atoms with Crippen molar-refractivity contribution in [1.82, 2.24) is 5.16 Å². The van der Waals surface area contributed by atoms with Crippen LogP contribution in [0.3, 0.4) is 0 Å². The Morgan fingerprint density at radius 2 is 2.12 bits per heavy atom. The molecule has 4 nitrogen and oxygen atoms in total. The minimum atomic E-state index is -0.115. The highest BCUT2D eigenvalue weighted by atomic mass is 35.5. The van der Waals surface area contributed by atoms with Crippen molar-refractivity contribution in [3.8, 4) is 0 Å². The number of nitrogens with zero attached hydrogens (tertiary/aromatic N) is 1. The van der Waals surface area contributed by atoms with Gasteiger partial charge in [-0.3, -0.25) is 4.79 Å². The van der Waals surface area contributed by atoms with Gasteiger partial charge in [0.25, 0.3) is 0 Å². The third-order valence-corrected chi connectivity index (χ3v) is 2.67. The zero-order valence-corrected chi connectivity index (χ0v) is 11.5. The number of aromatic nitrogens is 1. The van der Waals surface area contributed by atoms with Crippen molar-refractivity contribution >= 4 is 23.3 Å². The van der Waals surface area contributed by atoms with Gasteiger partial charge in [0, 0.05) is 23.3 Å². The molecule has 0 radical (unpaired) electrons. The van der Waals surface area contributed by atoms with Crippen molar-refractivity contribution in [2.24, 2.45) is 0 Å². The number of rotatable bonds is 4. The van der Waals surface area contributed by atoms with Crippen LogP contribution in [0.5, 0.6) is 0 Å².